The van der Waals surface area contributed by atoms with E-state index in [9.17, 15) is 0 Å². The summed E-state index contributed by atoms with van der Waals surface area (Å²) in [5, 5.41) is 0. The standard InChI is InChI=1S/C13H9.C10H9.C2H6Si.Zr/c1-3-7-12-10(5-1)9-11-6-2-4-8-13(11)12;1-8-6-7-9-4-2-3-5-10(8)9;1-3-2;/h1-9H;2-7H,1H3;1-2H3;. The van der Waals surface area contributed by atoms with Crippen molar-refractivity contribution in [2.75, 3.05) is 0 Å². The Bertz CT molecular complexity index is 1070. The number of fused-ring (bicyclic) bond motifs is 4. The molecule has 0 aromatic heterocycles. The van der Waals surface area contributed by atoms with Crippen LogP contribution >= 0.6 is 0 Å². The van der Waals surface area contributed by atoms with Gasteiger partial charge in [0.15, 0.2) is 0 Å². The maximum atomic E-state index is 2.64. The first-order valence-corrected chi connectivity index (χ1v) is 18.8. The third-order valence-electron chi connectivity index (χ3n) is 6.19. The maximum absolute atomic E-state index is 2.64. The monoisotopic (exact) mass is 442 g/mol. The third kappa shape index (κ3) is 2.72. The van der Waals surface area contributed by atoms with Gasteiger partial charge in [-0.05, 0) is 0 Å². The Balaban J connectivity index is 1.75. The van der Waals surface area contributed by atoms with Gasteiger partial charge < -0.3 is 0 Å². The molecule has 2 heteroatoms. The van der Waals surface area contributed by atoms with Crippen LogP contribution in [-0.4, -0.2) is 5.43 Å². The summed E-state index contributed by atoms with van der Waals surface area (Å²) < 4.78 is 1.42. The van der Waals surface area contributed by atoms with E-state index in [0.29, 0.717) is 3.63 Å². The summed E-state index contributed by atoms with van der Waals surface area (Å²) in [6.07, 6.45) is 2.64. The van der Waals surface area contributed by atoms with Gasteiger partial charge in [-0.1, -0.05) is 0 Å². The second-order valence-corrected chi connectivity index (χ2v) is 26.0. The van der Waals surface area contributed by atoms with Crippen LogP contribution in [0.4, 0.5) is 0 Å². The zero-order chi connectivity index (χ0) is 18.5. The molecule has 0 radical (unpaired) electrons. The Morgan fingerprint density at radius 2 is 1.15 bits per heavy atom. The molecule has 3 aromatic rings. The van der Waals surface area contributed by atoms with Crippen molar-refractivity contribution in [1.29, 1.82) is 0 Å². The number of benzene rings is 3. The molecule has 0 N–H and O–H groups in total. The first-order valence-electron chi connectivity index (χ1n) is 9.80. The van der Waals surface area contributed by atoms with E-state index in [1.807, 2.05) is 0 Å². The van der Waals surface area contributed by atoms with E-state index < -0.39 is 20.4 Å². The average Bonchev–Trinajstić information content (AvgIpc) is 3.19. The molecule has 0 heterocycles. The molecule has 5 rings (SSSR count). The summed E-state index contributed by atoms with van der Waals surface area (Å²) in [5.74, 6) is 0. The predicted molar refractivity (Wildman–Crippen MR) is 114 cm³/mol. The van der Waals surface area contributed by atoms with Crippen LogP contribution in [-0.2, 0) is 20.4 Å². The molecular weight excluding hydrogens is 420 g/mol. The topological polar surface area (TPSA) is 0 Å². The first kappa shape index (κ1) is 17.6. The van der Waals surface area contributed by atoms with Crippen molar-refractivity contribution in [2.24, 2.45) is 0 Å². The second-order valence-electron chi connectivity index (χ2n) is 7.98. The van der Waals surface area contributed by atoms with Gasteiger partial charge in [0.05, 0.1) is 0 Å². The minimum atomic E-state index is -1.88. The molecule has 0 bridgehead atoms. The summed E-state index contributed by atoms with van der Waals surface area (Å²) in [7, 11) is 0. The molecule has 0 fully saturated rings. The quantitative estimate of drug-likeness (QED) is 0.383. The zero-order valence-corrected chi connectivity index (χ0v) is 19.6. The van der Waals surface area contributed by atoms with Gasteiger partial charge in [-0.25, -0.2) is 0 Å². The predicted octanol–water partition coefficient (Wildman–Crippen LogP) is 6.78. The van der Waals surface area contributed by atoms with Gasteiger partial charge in [0.2, 0.25) is 0 Å². The molecule has 1 unspecified atom stereocenters. The van der Waals surface area contributed by atoms with Gasteiger partial charge in [-0.3, -0.25) is 0 Å². The molecule has 0 aliphatic heterocycles. The van der Waals surface area contributed by atoms with Gasteiger partial charge in [0.1, 0.15) is 0 Å². The molecule has 0 nitrogen and oxygen atoms in total. The van der Waals surface area contributed by atoms with Gasteiger partial charge in [-0.15, -0.1) is 0 Å². The molecule has 2 aliphatic carbocycles. The van der Waals surface area contributed by atoms with Crippen molar-refractivity contribution < 1.29 is 20.4 Å². The Kier molecular flexibility index (Phi) is 4.45. The van der Waals surface area contributed by atoms with Crippen LogP contribution in [0.1, 0.15) is 36.4 Å². The minimum absolute atomic E-state index is 0.335. The van der Waals surface area contributed by atoms with Crippen molar-refractivity contribution >= 4 is 11.0 Å². The molecule has 132 valence electrons. The number of hydrogen-bond acceptors (Lipinski definition) is 0. The van der Waals surface area contributed by atoms with E-state index in [1.165, 1.54) is 22.3 Å². The molecule has 0 amide bonds. The Morgan fingerprint density at radius 3 is 1.70 bits per heavy atom. The third-order valence-corrected chi connectivity index (χ3v) is 25.3. The zero-order valence-electron chi connectivity index (χ0n) is 16.2. The van der Waals surface area contributed by atoms with Crippen LogP contribution in [0.3, 0.4) is 0 Å². The van der Waals surface area contributed by atoms with Crippen LogP contribution in [0.5, 0.6) is 0 Å². The molecule has 27 heavy (non-hydrogen) atoms. The Labute approximate surface area is 170 Å². The van der Waals surface area contributed by atoms with Gasteiger partial charge in [-0.2, -0.15) is 0 Å². The van der Waals surface area contributed by atoms with E-state index >= 15 is 0 Å². The fourth-order valence-corrected chi connectivity index (χ4v) is 24.6. The van der Waals surface area contributed by atoms with Crippen molar-refractivity contribution in [3.05, 3.63) is 101 Å². The van der Waals surface area contributed by atoms with Crippen molar-refractivity contribution in [2.45, 2.75) is 27.3 Å². The molecule has 1 atom stereocenters. The summed E-state index contributed by atoms with van der Waals surface area (Å²) in [4.78, 5) is 0. The van der Waals surface area contributed by atoms with E-state index in [0.717, 1.165) is 3.63 Å². The van der Waals surface area contributed by atoms with Crippen molar-refractivity contribution in [3.63, 3.8) is 0 Å². The fraction of sp³-hybridized carbons (Fsp3) is 0.200. The molecule has 3 aromatic carbocycles. The van der Waals surface area contributed by atoms with E-state index in [-0.39, 0.29) is 5.43 Å². The first-order chi connectivity index (χ1) is 13.2. The summed E-state index contributed by atoms with van der Waals surface area (Å²) in [6, 6.07) is 27.6. The molecule has 0 saturated heterocycles. The molecule has 2 aliphatic rings. The van der Waals surface area contributed by atoms with Crippen LogP contribution in [0.15, 0.2) is 78.9 Å². The van der Waals surface area contributed by atoms with Crippen LogP contribution in [0.2, 0.25) is 13.1 Å². The van der Waals surface area contributed by atoms with Crippen molar-refractivity contribution in [3.8, 4) is 11.1 Å². The Hall–Kier alpha value is -1.50. The molecular formula is C25H24SiZr. The normalized spacial score (nSPS) is 17.1. The fourth-order valence-electron chi connectivity index (χ4n) is 5.08. The number of rotatable bonds is 2. The Morgan fingerprint density at radius 1 is 0.667 bits per heavy atom. The number of allylic oxidation sites excluding steroid dienone is 2. The average molecular weight is 444 g/mol. The van der Waals surface area contributed by atoms with Crippen LogP contribution < -0.4 is 0 Å². The molecule has 0 spiro atoms. The second kappa shape index (κ2) is 6.83. The summed E-state index contributed by atoms with van der Waals surface area (Å²) >= 11 is -1.88. The van der Waals surface area contributed by atoms with E-state index in [4.69, 9.17) is 0 Å². The van der Waals surface area contributed by atoms with Crippen LogP contribution in [0, 0.1) is 0 Å². The van der Waals surface area contributed by atoms with Gasteiger partial charge in [0, 0.05) is 0 Å². The van der Waals surface area contributed by atoms with Crippen LogP contribution in [0.25, 0.3) is 16.7 Å². The molecule has 0 saturated carbocycles. The van der Waals surface area contributed by atoms with Gasteiger partial charge >= 0.3 is 171 Å². The van der Waals surface area contributed by atoms with Crippen molar-refractivity contribution in [1.82, 2.24) is 0 Å². The SMILES string of the molecule is CC1=C[CH]([Zr]([CH]2c3ccccc3-c3ccccc32)=[Si](C)C)c2ccccc21. The number of hydrogen-bond donors (Lipinski definition) is 0. The van der Waals surface area contributed by atoms with Gasteiger partial charge in [0.25, 0.3) is 0 Å². The van der Waals surface area contributed by atoms with E-state index in [1.54, 1.807) is 16.7 Å². The summed E-state index contributed by atoms with van der Waals surface area (Å²) in [6.45, 7) is 7.49. The van der Waals surface area contributed by atoms with E-state index in [2.05, 4.69) is 98.9 Å². The summed E-state index contributed by atoms with van der Waals surface area (Å²) in [5.41, 5.74) is 10.5.